The van der Waals surface area contributed by atoms with Crippen LogP contribution in [0.1, 0.15) is 34.1 Å². The van der Waals surface area contributed by atoms with Gasteiger partial charge in [-0.25, -0.2) is 4.99 Å². The Balaban J connectivity index is 1.98. The Hall–Kier alpha value is -1.91. The standard InChI is InChI=1S/C19H31N3O2/c1-6-20-18(22-12-11-19(3,4)14-22)21-13-15(2)24-17-10-8-7-9-16(17)23-5/h7-10,15H,6,11-14H2,1-5H3,(H,20,21). The molecule has 0 saturated carbocycles. The normalized spacial score (nSPS) is 18.4. The molecule has 0 amide bonds. The average Bonchev–Trinajstić information content (AvgIpc) is 2.92. The molecule has 2 rings (SSSR count). The fourth-order valence-electron chi connectivity index (χ4n) is 2.90. The van der Waals surface area contributed by atoms with E-state index in [2.05, 4.69) is 31.0 Å². The third-order valence-corrected chi connectivity index (χ3v) is 4.21. The molecule has 1 heterocycles. The highest BCUT2D eigenvalue weighted by Gasteiger charge is 2.30. The molecule has 1 aliphatic rings. The molecule has 1 aromatic carbocycles. The predicted octanol–water partition coefficient (Wildman–Crippen LogP) is 3.16. The van der Waals surface area contributed by atoms with Crippen molar-refractivity contribution in [1.82, 2.24) is 10.2 Å². The van der Waals surface area contributed by atoms with Crippen LogP contribution in [0.4, 0.5) is 0 Å². The smallest absolute Gasteiger partial charge is 0.194 e. The van der Waals surface area contributed by atoms with Gasteiger partial charge in [-0.3, -0.25) is 0 Å². The SMILES string of the molecule is CCNC(=NCC(C)Oc1ccccc1OC)N1CCC(C)(C)C1. The summed E-state index contributed by atoms with van der Waals surface area (Å²) in [5.74, 6) is 2.50. The number of hydrogen-bond acceptors (Lipinski definition) is 3. The van der Waals surface area contributed by atoms with Gasteiger partial charge in [0.25, 0.3) is 0 Å². The van der Waals surface area contributed by atoms with Crippen molar-refractivity contribution in [2.24, 2.45) is 10.4 Å². The highest BCUT2D eigenvalue weighted by Crippen LogP contribution is 2.29. The molecule has 1 aromatic rings. The van der Waals surface area contributed by atoms with Crippen LogP contribution >= 0.6 is 0 Å². The monoisotopic (exact) mass is 333 g/mol. The minimum atomic E-state index is -0.0226. The first-order valence-electron chi connectivity index (χ1n) is 8.78. The van der Waals surface area contributed by atoms with E-state index in [-0.39, 0.29) is 6.10 Å². The third kappa shape index (κ3) is 5.05. The second-order valence-electron chi connectivity index (χ2n) is 7.11. The molecule has 134 valence electrons. The highest BCUT2D eigenvalue weighted by atomic mass is 16.5. The van der Waals surface area contributed by atoms with Crippen LogP contribution in [0.5, 0.6) is 11.5 Å². The van der Waals surface area contributed by atoms with E-state index in [0.717, 1.165) is 37.1 Å². The number of nitrogens with one attached hydrogen (secondary N) is 1. The summed E-state index contributed by atoms with van der Waals surface area (Å²) >= 11 is 0. The van der Waals surface area contributed by atoms with Gasteiger partial charge in [-0.2, -0.15) is 0 Å². The van der Waals surface area contributed by atoms with Gasteiger partial charge in [-0.15, -0.1) is 0 Å². The first-order valence-corrected chi connectivity index (χ1v) is 8.78. The lowest BCUT2D eigenvalue weighted by Crippen LogP contribution is -2.41. The van der Waals surface area contributed by atoms with Crippen LogP contribution in [0.2, 0.25) is 0 Å². The van der Waals surface area contributed by atoms with Gasteiger partial charge in [0.15, 0.2) is 17.5 Å². The number of ether oxygens (including phenoxy) is 2. The molecule has 0 bridgehead atoms. The number of hydrogen-bond donors (Lipinski definition) is 1. The van der Waals surface area contributed by atoms with Crippen molar-refractivity contribution in [3.05, 3.63) is 24.3 Å². The van der Waals surface area contributed by atoms with Crippen molar-refractivity contribution in [3.63, 3.8) is 0 Å². The molecule has 0 radical (unpaired) electrons. The largest absolute Gasteiger partial charge is 0.493 e. The van der Waals surface area contributed by atoms with Gasteiger partial charge in [0.05, 0.1) is 13.7 Å². The van der Waals surface area contributed by atoms with Crippen LogP contribution in [-0.4, -0.2) is 50.3 Å². The predicted molar refractivity (Wildman–Crippen MR) is 99.0 cm³/mol. The summed E-state index contributed by atoms with van der Waals surface area (Å²) in [6.45, 7) is 12.3. The summed E-state index contributed by atoms with van der Waals surface area (Å²) in [4.78, 5) is 7.12. The number of guanidine groups is 1. The first kappa shape index (κ1) is 18.4. The third-order valence-electron chi connectivity index (χ3n) is 4.21. The summed E-state index contributed by atoms with van der Waals surface area (Å²) in [5, 5.41) is 3.40. The van der Waals surface area contributed by atoms with E-state index in [9.17, 15) is 0 Å². The Bertz CT molecular complexity index is 557. The van der Waals surface area contributed by atoms with Crippen molar-refractivity contribution in [1.29, 1.82) is 0 Å². The van der Waals surface area contributed by atoms with Crippen LogP contribution in [0, 0.1) is 5.41 Å². The summed E-state index contributed by atoms with van der Waals surface area (Å²) in [7, 11) is 1.66. The molecule has 1 atom stereocenters. The Morgan fingerprint density at radius 3 is 2.62 bits per heavy atom. The zero-order chi connectivity index (χ0) is 17.6. The number of para-hydroxylation sites is 2. The molecular weight excluding hydrogens is 302 g/mol. The number of aliphatic imine (C=N–C) groups is 1. The van der Waals surface area contributed by atoms with Gasteiger partial charge in [0.2, 0.25) is 0 Å². The summed E-state index contributed by atoms with van der Waals surface area (Å²) in [6.07, 6.45) is 1.18. The minimum Gasteiger partial charge on any atom is -0.493 e. The molecule has 0 aliphatic carbocycles. The van der Waals surface area contributed by atoms with Crippen LogP contribution < -0.4 is 14.8 Å². The number of likely N-dealkylation sites (tertiary alicyclic amines) is 1. The van der Waals surface area contributed by atoms with Gasteiger partial charge in [-0.1, -0.05) is 26.0 Å². The van der Waals surface area contributed by atoms with Crippen molar-refractivity contribution >= 4 is 5.96 Å². The number of benzene rings is 1. The molecule has 1 saturated heterocycles. The summed E-state index contributed by atoms with van der Waals surface area (Å²) in [5.41, 5.74) is 0.357. The number of methoxy groups -OCH3 is 1. The molecule has 1 unspecified atom stereocenters. The van der Waals surface area contributed by atoms with Crippen LogP contribution in [0.3, 0.4) is 0 Å². The Kier molecular flexibility index (Phi) is 6.35. The molecule has 1 fully saturated rings. The van der Waals surface area contributed by atoms with Crippen molar-refractivity contribution in [2.75, 3.05) is 33.3 Å². The Labute approximate surface area is 146 Å². The quantitative estimate of drug-likeness (QED) is 0.642. The fourth-order valence-corrected chi connectivity index (χ4v) is 2.90. The lowest BCUT2D eigenvalue weighted by Gasteiger charge is -2.24. The van der Waals surface area contributed by atoms with Gasteiger partial charge in [-0.05, 0) is 37.8 Å². The van der Waals surface area contributed by atoms with Gasteiger partial charge in [0.1, 0.15) is 6.10 Å². The van der Waals surface area contributed by atoms with Crippen molar-refractivity contribution in [3.8, 4) is 11.5 Å². The lowest BCUT2D eigenvalue weighted by molar-refractivity contribution is 0.219. The van der Waals surface area contributed by atoms with Gasteiger partial charge in [0, 0.05) is 19.6 Å². The van der Waals surface area contributed by atoms with E-state index in [1.807, 2.05) is 31.2 Å². The Morgan fingerprint density at radius 2 is 2.04 bits per heavy atom. The molecule has 0 spiro atoms. The number of nitrogens with zero attached hydrogens (tertiary/aromatic N) is 2. The molecule has 1 N–H and O–H groups in total. The van der Waals surface area contributed by atoms with E-state index in [1.54, 1.807) is 7.11 Å². The Morgan fingerprint density at radius 1 is 1.33 bits per heavy atom. The van der Waals surface area contributed by atoms with E-state index < -0.39 is 0 Å². The second kappa shape index (κ2) is 8.27. The van der Waals surface area contributed by atoms with Crippen LogP contribution in [0.25, 0.3) is 0 Å². The highest BCUT2D eigenvalue weighted by molar-refractivity contribution is 5.80. The summed E-state index contributed by atoms with van der Waals surface area (Å²) < 4.78 is 11.3. The van der Waals surface area contributed by atoms with Gasteiger partial charge >= 0.3 is 0 Å². The summed E-state index contributed by atoms with van der Waals surface area (Å²) in [6, 6.07) is 7.71. The molecule has 5 nitrogen and oxygen atoms in total. The first-order chi connectivity index (χ1) is 11.4. The van der Waals surface area contributed by atoms with Gasteiger partial charge < -0.3 is 19.7 Å². The molecule has 5 heteroatoms. The number of rotatable bonds is 6. The maximum atomic E-state index is 5.99. The van der Waals surface area contributed by atoms with Crippen molar-refractivity contribution in [2.45, 2.75) is 40.2 Å². The maximum absolute atomic E-state index is 5.99. The molecule has 0 aromatic heterocycles. The zero-order valence-corrected chi connectivity index (χ0v) is 15.6. The molecule has 24 heavy (non-hydrogen) atoms. The van der Waals surface area contributed by atoms with Crippen LogP contribution in [0.15, 0.2) is 29.3 Å². The van der Waals surface area contributed by atoms with Crippen LogP contribution in [-0.2, 0) is 0 Å². The van der Waals surface area contributed by atoms with E-state index in [1.165, 1.54) is 6.42 Å². The average molecular weight is 333 g/mol. The topological polar surface area (TPSA) is 46.1 Å². The molecular formula is C19H31N3O2. The zero-order valence-electron chi connectivity index (χ0n) is 15.6. The fraction of sp³-hybridized carbons (Fsp3) is 0.632. The van der Waals surface area contributed by atoms with E-state index in [4.69, 9.17) is 14.5 Å². The minimum absolute atomic E-state index is 0.0226. The molecule has 1 aliphatic heterocycles. The van der Waals surface area contributed by atoms with Crippen molar-refractivity contribution < 1.29 is 9.47 Å². The second-order valence-corrected chi connectivity index (χ2v) is 7.11. The lowest BCUT2D eigenvalue weighted by atomic mass is 9.93. The van der Waals surface area contributed by atoms with E-state index >= 15 is 0 Å². The maximum Gasteiger partial charge on any atom is 0.194 e. The van der Waals surface area contributed by atoms with E-state index in [0.29, 0.717) is 12.0 Å².